The van der Waals surface area contributed by atoms with Crippen LogP contribution in [0.4, 0.5) is 4.39 Å². The van der Waals surface area contributed by atoms with Crippen molar-refractivity contribution < 1.29 is 19.4 Å². The number of hydrogen-bond acceptors (Lipinski definition) is 5. The molecule has 1 aromatic carbocycles. The van der Waals surface area contributed by atoms with Gasteiger partial charge in [0.05, 0.1) is 0 Å². The second-order valence-corrected chi connectivity index (χ2v) is 3.45. The Hall–Kier alpha value is -1.76. The van der Waals surface area contributed by atoms with Gasteiger partial charge in [-0.05, 0) is 12.1 Å². The second-order valence-electron chi connectivity index (χ2n) is 2.84. The molecule has 0 fully saturated rings. The number of carbonyl (C=O) groups is 1. The van der Waals surface area contributed by atoms with E-state index in [0.29, 0.717) is 0 Å². The highest BCUT2D eigenvalue weighted by molar-refractivity contribution is 7.97. The van der Waals surface area contributed by atoms with Gasteiger partial charge in [0, 0.05) is 11.8 Å². The summed E-state index contributed by atoms with van der Waals surface area (Å²) >= 11 is 0.998. The first kappa shape index (κ1) is 12.3. The number of phenols is 2. The fraction of sp³-hybridized carbons (Fsp3) is 0.111. The first-order chi connectivity index (χ1) is 7.47. The lowest BCUT2D eigenvalue weighted by Gasteiger charge is -2.06. The van der Waals surface area contributed by atoms with E-state index < -0.39 is 28.9 Å². The first-order valence-corrected chi connectivity index (χ1v) is 5.33. The van der Waals surface area contributed by atoms with Gasteiger partial charge >= 0.3 is 0 Å². The molecule has 1 aromatic rings. The standard InChI is InChI=1S/C9H9FN2O3S/c1-16-12-9(15)7(11)4-2-5(10)8(14)6(13)3-4/h2-3,11,13-14H,1H3,(H,12,15). The highest BCUT2D eigenvalue weighted by atomic mass is 32.2. The van der Waals surface area contributed by atoms with Gasteiger partial charge in [-0.3, -0.25) is 14.9 Å². The molecule has 0 saturated heterocycles. The summed E-state index contributed by atoms with van der Waals surface area (Å²) in [6.07, 6.45) is 1.60. The Morgan fingerprint density at radius 3 is 2.62 bits per heavy atom. The maximum atomic E-state index is 13.0. The molecule has 0 atom stereocenters. The van der Waals surface area contributed by atoms with Gasteiger partial charge in [0.1, 0.15) is 5.71 Å². The van der Waals surface area contributed by atoms with E-state index in [1.54, 1.807) is 6.26 Å². The van der Waals surface area contributed by atoms with E-state index in [9.17, 15) is 9.18 Å². The molecule has 0 aliphatic rings. The topological polar surface area (TPSA) is 93.4 Å². The predicted octanol–water partition coefficient (Wildman–Crippen LogP) is 0.999. The van der Waals surface area contributed by atoms with E-state index in [1.165, 1.54) is 0 Å². The molecule has 0 heterocycles. The Kier molecular flexibility index (Phi) is 3.73. The normalized spacial score (nSPS) is 9.88. The molecule has 1 rings (SSSR count). The number of phenolic OH excluding ortho intramolecular Hbond substituents is 2. The molecule has 0 saturated carbocycles. The molecule has 5 nitrogen and oxygen atoms in total. The second kappa shape index (κ2) is 4.84. The van der Waals surface area contributed by atoms with Gasteiger partial charge in [-0.2, -0.15) is 0 Å². The third-order valence-electron chi connectivity index (χ3n) is 1.75. The van der Waals surface area contributed by atoms with Gasteiger partial charge in [-0.25, -0.2) is 4.39 Å². The molecule has 16 heavy (non-hydrogen) atoms. The van der Waals surface area contributed by atoms with Crippen LogP contribution in [0.1, 0.15) is 5.56 Å². The summed E-state index contributed by atoms with van der Waals surface area (Å²) in [5.41, 5.74) is -0.608. The molecule has 0 aliphatic carbocycles. The highest BCUT2D eigenvalue weighted by Gasteiger charge is 2.16. The SMILES string of the molecule is CSNC(=O)C(=N)c1cc(O)c(O)c(F)c1. The predicted molar refractivity (Wildman–Crippen MR) is 58.2 cm³/mol. The van der Waals surface area contributed by atoms with E-state index in [2.05, 4.69) is 4.72 Å². The molecule has 1 amide bonds. The van der Waals surface area contributed by atoms with Crippen LogP contribution < -0.4 is 4.72 Å². The van der Waals surface area contributed by atoms with E-state index >= 15 is 0 Å². The van der Waals surface area contributed by atoms with Crippen LogP contribution in [0.3, 0.4) is 0 Å². The van der Waals surface area contributed by atoms with Crippen LogP contribution in [-0.4, -0.2) is 28.1 Å². The minimum Gasteiger partial charge on any atom is -0.504 e. The molecule has 7 heteroatoms. The van der Waals surface area contributed by atoms with Gasteiger partial charge < -0.3 is 10.2 Å². The van der Waals surface area contributed by atoms with Crippen LogP contribution in [0, 0.1) is 11.2 Å². The quantitative estimate of drug-likeness (QED) is 0.362. The fourth-order valence-electron chi connectivity index (χ4n) is 1.00. The zero-order valence-electron chi connectivity index (χ0n) is 8.24. The molecule has 0 aromatic heterocycles. The maximum absolute atomic E-state index is 13.0. The van der Waals surface area contributed by atoms with Gasteiger partial charge in [0.25, 0.3) is 5.91 Å². The first-order valence-electron chi connectivity index (χ1n) is 4.11. The lowest BCUT2D eigenvalue weighted by Crippen LogP contribution is -2.25. The van der Waals surface area contributed by atoms with Crippen molar-refractivity contribution in [2.75, 3.05) is 6.26 Å². The molecular weight excluding hydrogens is 235 g/mol. The van der Waals surface area contributed by atoms with Crippen LogP contribution in [0.25, 0.3) is 0 Å². The van der Waals surface area contributed by atoms with Crippen molar-refractivity contribution in [2.24, 2.45) is 0 Å². The van der Waals surface area contributed by atoms with Crippen molar-refractivity contribution in [3.8, 4) is 11.5 Å². The summed E-state index contributed by atoms with van der Waals surface area (Å²) in [6, 6.07) is 1.75. The third-order valence-corrected chi connectivity index (χ3v) is 2.14. The third kappa shape index (κ3) is 2.43. The minimum atomic E-state index is -1.09. The monoisotopic (exact) mass is 244 g/mol. The van der Waals surface area contributed by atoms with Crippen molar-refractivity contribution in [1.29, 1.82) is 5.41 Å². The van der Waals surface area contributed by atoms with Crippen molar-refractivity contribution in [3.63, 3.8) is 0 Å². The van der Waals surface area contributed by atoms with Crippen LogP contribution in [-0.2, 0) is 4.79 Å². The number of rotatable bonds is 3. The molecule has 0 unspecified atom stereocenters. The Morgan fingerprint density at radius 1 is 1.50 bits per heavy atom. The smallest absolute Gasteiger partial charge is 0.279 e. The Balaban J connectivity index is 3.06. The Morgan fingerprint density at radius 2 is 2.12 bits per heavy atom. The summed E-state index contributed by atoms with van der Waals surface area (Å²) in [7, 11) is 0. The number of carbonyl (C=O) groups excluding carboxylic acids is 1. The van der Waals surface area contributed by atoms with Crippen LogP contribution in [0.2, 0.25) is 0 Å². The summed E-state index contributed by atoms with van der Waals surface area (Å²) in [5, 5.41) is 25.5. The molecule has 86 valence electrons. The van der Waals surface area contributed by atoms with E-state index in [-0.39, 0.29) is 5.56 Å². The number of halogens is 1. The summed E-state index contributed by atoms with van der Waals surface area (Å²) in [5.74, 6) is -3.41. The molecule has 0 bridgehead atoms. The molecule has 4 N–H and O–H groups in total. The number of amides is 1. The largest absolute Gasteiger partial charge is 0.504 e. The molecule has 0 aliphatic heterocycles. The van der Waals surface area contributed by atoms with Crippen LogP contribution in [0.5, 0.6) is 11.5 Å². The average Bonchev–Trinajstić information content (AvgIpc) is 2.24. The lowest BCUT2D eigenvalue weighted by molar-refractivity contribution is -0.113. The summed E-state index contributed by atoms with van der Waals surface area (Å²) < 4.78 is 15.3. The average molecular weight is 244 g/mol. The van der Waals surface area contributed by atoms with Crippen LogP contribution >= 0.6 is 11.9 Å². The summed E-state index contributed by atoms with van der Waals surface area (Å²) in [6.45, 7) is 0. The van der Waals surface area contributed by atoms with Crippen molar-refractivity contribution in [3.05, 3.63) is 23.5 Å². The fourth-order valence-corrected chi connectivity index (χ4v) is 1.29. The van der Waals surface area contributed by atoms with E-state index in [1.807, 2.05) is 0 Å². The van der Waals surface area contributed by atoms with Crippen molar-refractivity contribution >= 4 is 23.6 Å². The van der Waals surface area contributed by atoms with Gasteiger partial charge in [-0.1, -0.05) is 11.9 Å². The van der Waals surface area contributed by atoms with Gasteiger partial charge in [0.2, 0.25) is 0 Å². The Bertz CT molecular complexity index is 427. The van der Waals surface area contributed by atoms with Crippen LogP contribution in [0.15, 0.2) is 12.1 Å². The number of nitrogens with one attached hydrogen (secondary N) is 2. The van der Waals surface area contributed by atoms with E-state index in [0.717, 1.165) is 24.1 Å². The van der Waals surface area contributed by atoms with Crippen molar-refractivity contribution in [2.45, 2.75) is 0 Å². The zero-order chi connectivity index (χ0) is 12.3. The molecule has 0 spiro atoms. The van der Waals surface area contributed by atoms with Crippen molar-refractivity contribution in [1.82, 2.24) is 4.72 Å². The summed E-state index contributed by atoms with van der Waals surface area (Å²) in [4.78, 5) is 11.2. The van der Waals surface area contributed by atoms with E-state index in [4.69, 9.17) is 15.6 Å². The maximum Gasteiger partial charge on any atom is 0.279 e. The Labute approximate surface area is 94.9 Å². The number of benzene rings is 1. The minimum absolute atomic E-state index is 0.112. The highest BCUT2D eigenvalue weighted by Crippen LogP contribution is 2.29. The van der Waals surface area contributed by atoms with Gasteiger partial charge in [0.15, 0.2) is 17.3 Å². The number of hydrogen-bond donors (Lipinski definition) is 4. The zero-order valence-corrected chi connectivity index (χ0v) is 9.06. The lowest BCUT2D eigenvalue weighted by atomic mass is 10.1. The number of aromatic hydroxyl groups is 2. The molecule has 0 radical (unpaired) electrons. The molecular formula is C9H9FN2O3S. The van der Waals surface area contributed by atoms with Gasteiger partial charge in [-0.15, -0.1) is 0 Å².